The Balaban J connectivity index is 2.32. The first-order valence-corrected chi connectivity index (χ1v) is 6.32. The maximum atomic E-state index is 12.0. The summed E-state index contributed by atoms with van der Waals surface area (Å²) in [5.41, 5.74) is 0. The molecule has 1 fully saturated rings. The van der Waals surface area contributed by atoms with Crippen LogP contribution in [-0.2, 0) is 4.79 Å². The second-order valence-electron chi connectivity index (χ2n) is 4.73. The van der Waals surface area contributed by atoms with Crippen LogP contribution in [0.15, 0.2) is 0 Å². The van der Waals surface area contributed by atoms with E-state index in [1.54, 1.807) is 0 Å². The Morgan fingerprint density at radius 1 is 1.50 bits per heavy atom. The van der Waals surface area contributed by atoms with Crippen molar-refractivity contribution in [2.45, 2.75) is 32.2 Å². The number of rotatable bonds is 6. The van der Waals surface area contributed by atoms with Crippen molar-refractivity contribution in [3.05, 3.63) is 0 Å². The van der Waals surface area contributed by atoms with Crippen LogP contribution in [0.3, 0.4) is 0 Å². The lowest BCUT2D eigenvalue weighted by Crippen LogP contribution is -2.51. The van der Waals surface area contributed by atoms with E-state index in [0.29, 0.717) is 5.91 Å². The lowest BCUT2D eigenvalue weighted by molar-refractivity contribution is -0.136. The van der Waals surface area contributed by atoms with Gasteiger partial charge in [-0.2, -0.15) is 0 Å². The van der Waals surface area contributed by atoms with Gasteiger partial charge in [0.25, 0.3) is 0 Å². The minimum atomic E-state index is 0.0677. The Labute approximate surface area is 99.0 Å². The van der Waals surface area contributed by atoms with Crippen molar-refractivity contribution in [3.63, 3.8) is 0 Å². The molecule has 1 unspecified atom stereocenters. The molecule has 1 rings (SSSR count). The summed E-state index contributed by atoms with van der Waals surface area (Å²) in [6.07, 6.45) is 3.19. The van der Waals surface area contributed by atoms with E-state index < -0.39 is 0 Å². The molecule has 1 atom stereocenters. The summed E-state index contributed by atoms with van der Waals surface area (Å²) >= 11 is 0. The zero-order valence-corrected chi connectivity index (χ0v) is 10.8. The highest BCUT2D eigenvalue weighted by Crippen LogP contribution is 2.12. The number of nitrogens with zero attached hydrogens (tertiary/aromatic N) is 2. The number of hydrogen-bond donors (Lipinski definition) is 1. The minimum Gasteiger partial charge on any atom is -0.341 e. The second-order valence-corrected chi connectivity index (χ2v) is 4.73. The van der Waals surface area contributed by atoms with Crippen molar-refractivity contribution < 1.29 is 4.79 Å². The van der Waals surface area contributed by atoms with Crippen molar-refractivity contribution in [1.82, 2.24) is 15.1 Å². The molecule has 16 heavy (non-hydrogen) atoms. The van der Waals surface area contributed by atoms with Gasteiger partial charge in [-0.15, -0.1) is 0 Å². The molecule has 0 aromatic rings. The molecule has 0 aromatic heterocycles. The average molecular weight is 227 g/mol. The molecule has 1 amide bonds. The normalized spacial score (nSPS) is 21.9. The van der Waals surface area contributed by atoms with Gasteiger partial charge in [-0.1, -0.05) is 6.92 Å². The van der Waals surface area contributed by atoms with E-state index in [9.17, 15) is 4.79 Å². The first-order valence-electron chi connectivity index (χ1n) is 6.32. The smallest absolute Gasteiger partial charge is 0.239 e. The topological polar surface area (TPSA) is 35.6 Å². The Morgan fingerprint density at radius 2 is 2.25 bits per heavy atom. The third kappa shape index (κ3) is 4.10. The Hall–Kier alpha value is -0.610. The van der Waals surface area contributed by atoms with Gasteiger partial charge in [-0.05, 0) is 46.4 Å². The maximum absolute atomic E-state index is 12.0. The molecule has 0 aliphatic carbocycles. The van der Waals surface area contributed by atoms with Gasteiger partial charge in [0.05, 0.1) is 6.04 Å². The average Bonchev–Trinajstić information content (AvgIpc) is 2.23. The number of hydrogen-bond acceptors (Lipinski definition) is 3. The van der Waals surface area contributed by atoms with Crippen LogP contribution in [-0.4, -0.2) is 62.0 Å². The van der Waals surface area contributed by atoms with Gasteiger partial charge >= 0.3 is 0 Å². The van der Waals surface area contributed by atoms with Gasteiger partial charge in [0.15, 0.2) is 0 Å². The van der Waals surface area contributed by atoms with Crippen LogP contribution in [0.25, 0.3) is 0 Å². The van der Waals surface area contributed by atoms with Gasteiger partial charge < -0.3 is 15.1 Å². The zero-order valence-electron chi connectivity index (χ0n) is 10.8. The van der Waals surface area contributed by atoms with E-state index >= 15 is 0 Å². The monoisotopic (exact) mass is 227 g/mol. The maximum Gasteiger partial charge on any atom is 0.239 e. The van der Waals surface area contributed by atoms with Crippen molar-refractivity contribution in [3.8, 4) is 0 Å². The van der Waals surface area contributed by atoms with Gasteiger partial charge in [-0.3, -0.25) is 4.79 Å². The third-order valence-corrected chi connectivity index (χ3v) is 3.01. The molecule has 1 saturated heterocycles. The molecule has 0 radical (unpaired) electrons. The number of nitrogens with one attached hydrogen (secondary N) is 1. The lowest BCUT2D eigenvalue weighted by atomic mass is 10.0. The highest BCUT2D eigenvalue weighted by atomic mass is 16.2. The third-order valence-electron chi connectivity index (χ3n) is 3.01. The number of carbonyl (C=O) groups is 1. The predicted octanol–water partition coefficient (Wildman–Crippen LogP) is 0.539. The van der Waals surface area contributed by atoms with Crippen LogP contribution in [0.4, 0.5) is 0 Å². The van der Waals surface area contributed by atoms with Crippen molar-refractivity contribution in [1.29, 1.82) is 0 Å². The van der Waals surface area contributed by atoms with E-state index in [0.717, 1.165) is 45.4 Å². The Kier molecular flexibility index (Phi) is 5.77. The first kappa shape index (κ1) is 13.5. The van der Waals surface area contributed by atoms with Gasteiger partial charge in [-0.25, -0.2) is 0 Å². The highest BCUT2D eigenvalue weighted by Gasteiger charge is 2.27. The Bertz CT molecular complexity index is 216. The molecule has 1 aliphatic rings. The minimum absolute atomic E-state index is 0.0677. The van der Waals surface area contributed by atoms with E-state index in [2.05, 4.69) is 31.2 Å². The molecule has 0 saturated carbocycles. The summed E-state index contributed by atoms with van der Waals surface area (Å²) in [5.74, 6) is 0.298. The van der Waals surface area contributed by atoms with Crippen molar-refractivity contribution in [2.75, 3.05) is 40.3 Å². The molecule has 1 N–H and O–H groups in total. The summed E-state index contributed by atoms with van der Waals surface area (Å²) in [4.78, 5) is 16.2. The molecule has 94 valence electrons. The predicted molar refractivity (Wildman–Crippen MR) is 66.4 cm³/mol. The molecule has 1 heterocycles. The summed E-state index contributed by atoms with van der Waals surface area (Å²) < 4.78 is 0. The second kappa shape index (κ2) is 6.86. The largest absolute Gasteiger partial charge is 0.341 e. The molecule has 4 heteroatoms. The van der Waals surface area contributed by atoms with E-state index in [1.807, 2.05) is 4.90 Å². The van der Waals surface area contributed by atoms with Crippen LogP contribution >= 0.6 is 0 Å². The summed E-state index contributed by atoms with van der Waals surface area (Å²) in [5, 5.41) is 3.26. The van der Waals surface area contributed by atoms with Gasteiger partial charge in [0, 0.05) is 13.1 Å². The zero-order chi connectivity index (χ0) is 12.0. The summed E-state index contributed by atoms with van der Waals surface area (Å²) in [6.45, 7) is 5.82. The standard InChI is InChI=1S/C12H25N3O/c1-4-13-11-7-5-9-15(12(11)16)10-6-8-14(2)3/h11,13H,4-10H2,1-3H3. The van der Waals surface area contributed by atoms with Crippen molar-refractivity contribution in [2.24, 2.45) is 0 Å². The van der Waals surface area contributed by atoms with Crippen molar-refractivity contribution >= 4 is 5.91 Å². The first-order chi connectivity index (χ1) is 7.65. The van der Waals surface area contributed by atoms with Crippen LogP contribution in [0.1, 0.15) is 26.2 Å². The molecule has 1 aliphatic heterocycles. The highest BCUT2D eigenvalue weighted by molar-refractivity contribution is 5.82. The summed E-state index contributed by atoms with van der Waals surface area (Å²) in [7, 11) is 4.14. The van der Waals surface area contributed by atoms with E-state index in [-0.39, 0.29) is 6.04 Å². The SMILES string of the molecule is CCNC1CCCN(CCCN(C)C)C1=O. The molecule has 0 bridgehead atoms. The number of carbonyl (C=O) groups excluding carboxylic acids is 1. The fourth-order valence-corrected chi connectivity index (χ4v) is 2.18. The number of piperidine rings is 1. The van der Waals surface area contributed by atoms with Crippen LogP contribution < -0.4 is 5.32 Å². The molecule has 0 aromatic carbocycles. The lowest BCUT2D eigenvalue weighted by Gasteiger charge is -2.32. The number of likely N-dealkylation sites (tertiary alicyclic amines) is 1. The number of amides is 1. The fourth-order valence-electron chi connectivity index (χ4n) is 2.18. The van der Waals surface area contributed by atoms with Gasteiger partial charge in [0.2, 0.25) is 5.91 Å². The van der Waals surface area contributed by atoms with E-state index in [4.69, 9.17) is 0 Å². The quantitative estimate of drug-likeness (QED) is 0.719. The van der Waals surface area contributed by atoms with Crippen LogP contribution in [0, 0.1) is 0 Å². The summed E-state index contributed by atoms with van der Waals surface area (Å²) in [6, 6.07) is 0.0677. The molecule has 4 nitrogen and oxygen atoms in total. The molecular formula is C12H25N3O. The van der Waals surface area contributed by atoms with Gasteiger partial charge in [0.1, 0.15) is 0 Å². The van der Waals surface area contributed by atoms with Crippen LogP contribution in [0.2, 0.25) is 0 Å². The molecule has 0 spiro atoms. The van der Waals surface area contributed by atoms with Crippen LogP contribution in [0.5, 0.6) is 0 Å². The Morgan fingerprint density at radius 3 is 2.88 bits per heavy atom. The molecular weight excluding hydrogens is 202 g/mol. The number of likely N-dealkylation sites (N-methyl/N-ethyl adjacent to an activating group) is 1. The van der Waals surface area contributed by atoms with E-state index in [1.165, 1.54) is 0 Å². The fraction of sp³-hybridized carbons (Fsp3) is 0.917.